The standard InChI is InChI=1S/C11H11NO6.5C10H20O2/c1-17-9-5-7(3-4-11(13)14)8(12(15)16)6-10(9)18-2;5*1-2-3-4-5-6-7-8-9-10(11)12/h3-6H,1-2H3,(H,13,14);5*2-9H2,1H3,(H,11,12)/b4-3+;;;;;. The van der Waals surface area contributed by atoms with E-state index < -0.39 is 40.7 Å². The molecule has 6 N–H and O–H groups in total. The molecule has 0 amide bonds. The van der Waals surface area contributed by atoms with Crippen molar-refractivity contribution in [1.29, 1.82) is 0 Å². The Hall–Kier alpha value is -5.22. The van der Waals surface area contributed by atoms with Crippen LogP contribution in [0.1, 0.15) is 297 Å². The highest BCUT2D eigenvalue weighted by atomic mass is 16.6. The van der Waals surface area contributed by atoms with Gasteiger partial charge in [-0.15, -0.1) is 0 Å². The minimum absolute atomic E-state index is 0.125. The molecule has 0 aromatic heterocycles. The second-order valence-electron chi connectivity index (χ2n) is 19.5. The number of benzene rings is 1. The number of hydrogen-bond donors (Lipinski definition) is 6. The van der Waals surface area contributed by atoms with Crippen LogP contribution >= 0.6 is 0 Å². The zero-order chi connectivity index (χ0) is 59.9. The molecule has 0 aliphatic carbocycles. The van der Waals surface area contributed by atoms with Crippen molar-refractivity contribution in [2.24, 2.45) is 0 Å². The first-order valence-electron chi connectivity index (χ1n) is 29.7. The highest BCUT2D eigenvalue weighted by Crippen LogP contribution is 2.35. The molecule has 0 aliphatic rings. The fourth-order valence-electron chi connectivity index (χ4n) is 7.50. The van der Waals surface area contributed by atoms with Crippen LogP contribution in [0.4, 0.5) is 5.69 Å². The summed E-state index contributed by atoms with van der Waals surface area (Å²) < 4.78 is 9.93. The van der Waals surface area contributed by atoms with E-state index in [1.165, 1.54) is 187 Å². The van der Waals surface area contributed by atoms with Gasteiger partial charge in [0.05, 0.1) is 30.8 Å². The van der Waals surface area contributed by atoms with Gasteiger partial charge in [0.15, 0.2) is 11.5 Å². The monoisotopic (exact) mass is 1110 g/mol. The first kappa shape index (κ1) is 81.6. The second-order valence-corrected chi connectivity index (χ2v) is 19.5. The highest BCUT2D eigenvalue weighted by Gasteiger charge is 2.18. The number of nitrogens with zero attached hydrogens (tertiary/aromatic N) is 1. The van der Waals surface area contributed by atoms with E-state index in [4.69, 9.17) is 40.1 Å². The first-order valence-corrected chi connectivity index (χ1v) is 29.7. The average Bonchev–Trinajstić information content (AvgIpc) is 3.39. The van der Waals surface area contributed by atoms with Gasteiger partial charge >= 0.3 is 35.8 Å². The minimum Gasteiger partial charge on any atom is -0.493 e. The van der Waals surface area contributed by atoms with Gasteiger partial charge in [0.25, 0.3) is 5.69 Å². The number of nitro groups is 1. The molecule has 0 heterocycles. The summed E-state index contributed by atoms with van der Waals surface area (Å²) in [6.07, 6.45) is 45.2. The maximum absolute atomic E-state index is 10.9. The van der Waals surface area contributed by atoms with E-state index in [9.17, 15) is 38.9 Å². The summed E-state index contributed by atoms with van der Waals surface area (Å²) >= 11 is 0. The van der Waals surface area contributed by atoms with Crippen LogP contribution in [0.3, 0.4) is 0 Å². The summed E-state index contributed by atoms with van der Waals surface area (Å²) in [6, 6.07) is 2.52. The smallest absolute Gasteiger partial charge is 0.328 e. The molecule has 0 saturated heterocycles. The van der Waals surface area contributed by atoms with Crippen LogP contribution in [0.5, 0.6) is 11.5 Å². The Kier molecular flexibility index (Phi) is 69.1. The molecule has 1 rings (SSSR count). The van der Waals surface area contributed by atoms with Gasteiger partial charge in [-0.25, -0.2) is 4.79 Å². The third-order valence-electron chi connectivity index (χ3n) is 12.1. The minimum atomic E-state index is -1.20. The predicted octanol–water partition coefficient (Wildman–Crippen LogP) is 17.8. The van der Waals surface area contributed by atoms with Gasteiger partial charge in [-0.05, 0) is 44.2 Å². The summed E-state index contributed by atoms with van der Waals surface area (Å²) in [4.78, 5) is 71.3. The SMILES string of the molecule is CCCCCCCCCC(=O)O.CCCCCCCCCC(=O)O.CCCCCCCCCC(=O)O.CCCCCCCCCC(=O)O.CCCCCCCCCC(=O)O.COc1cc(/C=C/C(=O)O)c([N+](=O)[O-])cc1OC. The van der Waals surface area contributed by atoms with Gasteiger partial charge in [-0.3, -0.25) is 34.1 Å². The van der Waals surface area contributed by atoms with Gasteiger partial charge in [-0.1, -0.05) is 227 Å². The molecule has 1 aromatic carbocycles. The quantitative estimate of drug-likeness (QED) is 0.0153. The fourth-order valence-corrected chi connectivity index (χ4v) is 7.50. The number of methoxy groups -OCH3 is 2. The number of nitro benzene ring substituents is 1. The topological polar surface area (TPSA) is 285 Å². The molecule has 0 aliphatic heterocycles. The number of carboxylic acid groups (broad SMARTS) is 6. The van der Waals surface area contributed by atoms with Gasteiger partial charge in [-0.2, -0.15) is 0 Å². The van der Waals surface area contributed by atoms with E-state index in [1.807, 2.05) is 0 Å². The predicted molar refractivity (Wildman–Crippen MR) is 314 cm³/mol. The Bertz CT molecular complexity index is 1450. The van der Waals surface area contributed by atoms with Crippen LogP contribution in [0.2, 0.25) is 0 Å². The van der Waals surface area contributed by atoms with Crippen molar-refractivity contribution in [3.63, 3.8) is 0 Å². The van der Waals surface area contributed by atoms with E-state index in [2.05, 4.69) is 34.6 Å². The van der Waals surface area contributed by atoms with Crippen LogP contribution in [-0.4, -0.2) is 85.6 Å². The third kappa shape index (κ3) is 72.9. The van der Waals surface area contributed by atoms with Crippen molar-refractivity contribution in [2.75, 3.05) is 14.2 Å². The number of rotatable bonds is 45. The molecule has 0 radical (unpaired) electrons. The summed E-state index contributed by atoms with van der Waals surface area (Å²) in [7, 11) is 2.74. The summed E-state index contributed by atoms with van der Waals surface area (Å²) in [5, 5.41) is 61.2. The van der Waals surface area contributed by atoms with Crippen molar-refractivity contribution in [3.8, 4) is 11.5 Å². The van der Waals surface area contributed by atoms with Crippen LogP contribution < -0.4 is 9.47 Å². The molecular weight excluding hydrogens is 1000 g/mol. The fraction of sp³-hybridized carbons (Fsp3) is 0.770. The zero-order valence-electron chi connectivity index (χ0n) is 49.8. The molecule has 78 heavy (non-hydrogen) atoms. The molecule has 0 spiro atoms. The largest absolute Gasteiger partial charge is 0.493 e. The number of carbonyl (C=O) groups is 6. The number of aliphatic carboxylic acids is 6. The van der Waals surface area contributed by atoms with Gasteiger partial charge in [0, 0.05) is 38.2 Å². The van der Waals surface area contributed by atoms with Crippen LogP contribution in [0, 0.1) is 10.1 Å². The van der Waals surface area contributed by atoms with E-state index in [0.717, 1.165) is 76.4 Å². The molecule has 456 valence electrons. The van der Waals surface area contributed by atoms with Crippen molar-refractivity contribution >= 4 is 47.6 Å². The first-order chi connectivity index (χ1) is 37.3. The average molecular weight is 1110 g/mol. The molecule has 0 unspecified atom stereocenters. The van der Waals surface area contributed by atoms with Crippen LogP contribution in [0.15, 0.2) is 18.2 Å². The summed E-state index contributed by atoms with van der Waals surface area (Å²) in [6.45, 7) is 11.0. The van der Waals surface area contributed by atoms with Crippen molar-refractivity contribution in [2.45, 2.75) is 291 Å². The van der Waals surface area contributed by atoms with E-state index in [-0.39, 0.29) is 22.7 Å². The molecule has 0 bridgehead atoms. The molecule has 0 saturated carbocycles. The van der Waals surface area contributed by atoms with Crippen LogP contribution in [0.25, 0.3) is 6.08 Å². The Labute approximate surface area is 470 Å². The van der Waals surface area contributed by atoms with E-state index >= 15 is 0 Å². The molecular formula is C61H111NO16. The lowest BCUT2D eigenvalue weighted by Gasteiger charge is -2.08. The maximum atomic E-state index is 10.9. The van der Waals surface area contributed by atoms with Gasteiger partial charge in [0.1, 0.15) is 0 Å². The molecule has 17 nitrogen and oxygen atoms in total. The second kappa shape index (κ2) is 66.1. The maximum Gasteiger partial charge on any atom is 0.328 e. The number of ether oxygens (including phenoxy) is 2. The normalized spacial score (nSPS) is 10.1. The van der Waals surface area contributed by atoms with Crippen molar-refractivity contribution in [3.05, 3.63) is 33.9 Å². The van der Waals surface area contributed by atoms with E-state index in [1.54, 1.807) is 0 Å². The Morgan fingerprint density at radius 2 is 0.590 bits per heavy atom. The summed E-state index contributed by atoms with van der Waals surface area (Å²) in [5.74, 6) is -4.02. The van der Waals surface area contributed by atoms with Crippen LogP contribution in [-0.2, 0) is 28.8 Å². The lowest BCUT2D eigenvalue weighted by Crippen LogP contribution is -1.97. The lowest BCUT2D eigenvalue weighted by molar-refractivity contribution is -0.385. The van der Waals surface area contributed by atoms with Crippen molar-refractivity contribution in [1.82, 2.24) is 0 Å². The Morgan fingerprint density at radius 1 is 0.385 bits per heavy atom. The van der Waals surface area contributed by atoms with Gasteiger partial charge in [0.2, 0.25) is 0 Å². The number of hydrogen-bond acceptors (Lipinski definition) is 10. The summed E-state index contributed by atoms with van der Waals surface area (Å²) in [5.41, 5.74) is -0.134. The zero-order valence-corrected chi connectivity index (χ0v) is 49.8. The van der Waals surface area contributed by atoms with Crippen molar-refractivity contribution < 1.29 is 73.8 Å². The third-order valence-corrected chi connectivity index (χ3v) is 12.1. The number of carboxylic acids is 6. The highest BCUT2D eigenvalue weighted by molar-refractivity contribution is 5.86. The molecule has 17 heteroatoms. The lowest BCUT2D eigenvalue weighted by atomic mass is 10.1. The Balaban J connectivity index is -0.000000276. The van der Waals surface area contributed by atoms with E-state index in [0.29, 0.717) is 32.1 Å². The number of unbranched alkanes of at least 4 members (excludes halogenated alkanes) is 30. The molecule has 0 atom stereocenters. The Morgan fingerprint density at radius 3 is 0.769 bits per heavy atom. The molecule has 1 aromatic rings. The molecule has 0 fully saturated rings. The van der Waals surface area contributed by atoms with Gasteiger partial charge < -0.3 is 40.1 Å².